The van der Waals surface area contributed by atoms with E-state index in [4.69, 9.17) is 21.1 Å². The molecule has 1 aromatic rings. The van der Waals surface area contributed by atoms with Crippen molar-refractivity contribution >= 4 is 40.9 Å². The van der Waals surface area contributed by atoms with Gasteiger partial charge in [0.15, 0.2) is 11.5 Å². The number of carbonyl (C=O) groups is 2. The minimum atomic E-state index is -2.53. The normalized spacial score (nSPS) is 29.9. The van der Waals surface area contributed by atoms with Gasteiger partial charge in [-0.1, -0.05) is 11.6 Å². The molecule has 0 bridgehead atoms. The second-order valence-corrected chi connectivity index (χ2v) is 12.5. The SMILES string of the molecule is CSC1=CC(C)=NC(=O)C1CNC(=O)c1cc(Cl)c2c(c1C)OC(C)(C1CCC(NC3CC(F)(F)C3)CC1)O2. The van der Waals surface area contributed by atoms with Crippen LogP contribution >= 0.6 is 23.4 Å². The van der Waals surface area contributed by atoms with Crippen molar-refractivity contribution in [3.05, 3.63) is 33.2 Å². The van der Waals surface area contributed by atoms with Crippen LogP contribution in [0.3, 0.4) is 0 Å². The van der Waals surface area contributed by atoms with E-state index in [0.717, 1.165) is 30.6 Å². The molecule has 0 radical (unpaired) electrons. The molecule has 5 rings (SSSR count). The number of nitrogens with zero attached hydrogens (tertiary/aromatic N) is 1. The van der Waals surface area contributed by atoms with E-state index in [-0.39, 0.29) is 54.2 Å². The van der Waals surface area contributed by atoms with E-state index < -0.39 is 17.6 Å². The molecule has 2 aliphatic carbocycles. The Labute approximate surface area is 236 Å². The molecule has 11 heteroatoms. The number of aliphatic imine (C=N–C) groups is 1. The number of allylic oxidation sites excluding steroid dienone is 1. The molecular formula is C28H34ClF2N3O4S. The Morgan fingerprint density at radius 3 is 2.46 bits per heavy atom. The zero-order valence-electron chi connectivity index (χ0n) is 22.5. The van der Waals surface area contributed by atoms with E-state index >= 15 is 0 Å². The topological polar surface area (TPSA) is 89.0 Å². The quantitative estimate of drug-likeness (QED) is 0.431. The average molecular weight is 582 g/mol. The summed E-state index contributed by atoms with van der Waals surface area (Å²) in [4.78, 5) is 30.5. The van der Waals surface area contributed by atoms with Crippen LogP contribution in [-0.2, 0) is 4.79 Å². The first-order valence-corrected chi connectivity index (χ1v) is 15.0. The van der Waals surface area contributed by atoms with Gasteiger partial charge in [0.1, 0.15) is 0 Å². The number of halogens is 3. The molecule has 2 heterocycles. The van der Waals surface area contributed by atoms with Crippen molar-refractivity contribution in [1.82, 2.24) is 10.6 Å². The summed E-state index contributed by atoms with van der Waals surface area (Å²) in [5, 5.41) is 6.52. The molecule has 2 unspecified atom stereocenters. The molecule has 2 fully saturated rings. The number of nitrogens with one attached hydrogen (secondary N) is 2. The zero-order valence-corrected chi connectivity index (χ0v) is 24.1. The van der Waals surface area contributed by atoms with Gasteiger partial charge in [0.05, 0.1) is 10.9 Å². The molecule has 0 saturated heterocycles. The number of thioether (sulfide) groups is 1. The number of hydrogen-bond acceptors (Lipinski definition) is 6. The van der Waals surface area contributed by atoms with E-state index in [1.54, 1.807) is 19.9 Å². The van der Waals surface area contributed by atoms with Crippen LogP contribution in [0.25, 0.3) is 0 Å². The van der Waals surface area contributed by atoms with Gasteiger partial charge in [-0.15, -0.1) is 11.8 Å². The lowest BCUT2D eigenvalue weighted by Crippen LogP contribution is -2.53. The van der Waals surface area contributed by atoms with Gasteiger partial charge in [0, 0.05) is 66.1 Å². The lowest BCUT2D eigenvalue weighted by Gasteiger charge is -2.41. The van der Waals surface area contributed by atoms with E-state index in [9.17, 15) is 18.4 Å². The second kappa shape index (κ2) is 10.7. The first kappa shape index (κ1) is 28.4. The fourth-order valence-electron chi connectivity index (χ4n) is 6.04. The maximum atomic E-state index is 13.2. The molecule has 2 amide bonds. The Bertz CT molecular complexity index is 1240. The molecule has 4 aliphatic rings. The number of amides is 2. The van der Waals surface area contributed by atoms with E-state index in [0.29, 0.717) is 28.3 Å². The average Bonchev–Trinajstić information content (AvgIpc) is 3.24. The van der Waals surface area contributed by atoms with Crippen LogP contribution in [0.15, 0.2) is 22.0 Å². The van der Waals surface area contributed by atoms with Crippen LogP contribution < -0.4 is 20.1 Å². The number of rotatable bonds is 7. The molecule has 1 aromatic carbocycles. The third-order valence-corrected chi connectivity index (χ3v) is 9.46. The number of fused-ring (bicyclic) bond motifs is 1. The summed E-state index contributed by atoms with van der Waals surface area (Å²) >= 11 is 8.04. The van der Waals surface area contributed by atoms with Gasteiger partial charge in [-0.2, -0.15) is 0 Å². The number of ether oxygens (including phenoxy) is 2. The first-order valence-electron chi connectivity index (χ1n) is 13.4. The van der Waals surface area contributed by atoms with Gasteiger partial charge in [-0.3, -0.25) is 9.59 Å². The molecule has 39 heavy (non-hydrogen) atoms. The summed E-state index contributed by atoms with van der Waals surface area (Å²) in [5.74, 6) is -3.67. The highest BCUT2D eigenvalue weighted by Gasteiger charge is 2.49. The Balaban J connectivity index is 1.22. The van der Waals surface area contributed by atoms with Crippen LogP contribution in [0.1, 0.15) is 68.3 Å². The molecule has 2 aliphatic heterocycles. The maximum Gasteiger partial charge on any atom is 0.255 e. The first-order chi connectivity index (χ1) is 18.4. The van der Waals surface area contributed by atoms with Gasteiger partial charge in [-0.05, 0) is 57.9 Å². The Morgan fingerprint density at radius 1 is 1.15 bits per heavy atom. The lowest BCUT2D eigenvalue weighted by atomic mass is 9.79. The van der Waals surface area contributed by atoms with E-state index in [2.05, 4.69) is 15.6 Å². The number of dihydropyridines is 1. The highest BCUT2D eigenvalue weighted by molar-refractivity contribution is 8.02. The van der Waals surface area contributed by atoms with Crippen LogP contribution in [0.2, 0.25) is 5.02 Å². The summed E-state index contributed by atoms with van der Waals surface area (Å²) in [6, 6.07) is 1.68. The predicted molar refractivity (Wildman–Crippen MR) is 148 cm³/mol. The number of carbonyl (C=O) groups excluding carboxylic acids is 2. The molecule has 2 atom stereocenters. The van der Waals surface area contributed by atoms with Crippen molar-refractivity contribution in [2.24, 2.45) is 16.8 Å². The maximum absolute atomic E-state index is 13.2. The molecule has 2 N–H and O–H groups in total. The molecular weight excluding hydrogens is 548 g/mol. The van der Waals surface area contributed by atoms with Crippen molar-refractivity contribution in [2.75, 3.05) is 12.8 Å². The van der Waals surface area contributed by atoms with Crippen molar-refractivity contribution < 1.29 is 27.8 Å². The van der Waals surface area contributed by atoms with Gasteiger partial charge < -0.3 is 20.1 Å². The largest absolute Gasteiger partial charge is 0.448 e. The number of benzene rings is 1. The Kier molecular flexibility index (Phi) is 7.76. The van der Waals surface area contributed by atoms with Crippen LogP contribution in [0.4, 0.5) is 8.78 Å². The Hall–Kier alpha value is -2.17. The van der Waals surface area contributed by atoms with Crippen molar-refractivity contribution in [1.29, 1.82) is 0 Å². The summed E-state index contributed by atoms with van der Waals surface area (Å²) in [7, 11) is 0. The van der Waals surface area contributed by atoms with Crippen molar-refractivity contribution in [2.45, 2.75) is 83.1 Å². The summed E-state index contributed by atoms with van der Waals surface area (Å²) in [6.07, 6.45) is 6.92. The van der Waals surface area contributed by atoms with E-state index in [1.807, 2.05) is 19.3 Å². The molecule has 0 aromatic heterocycles. The monoisotopic (exact) mass is 581 g/mol. The zero-order chi connectivity index (χ0) is 28.1. The molecule has 7 nitrogen and oxygen atoms in total. The van der Waals surface area contributed by atoms with Crippen LogP contribution in [0, 0.1) is 18.8 Å². The standard InChI is InChI=1S/C28H34ClF2N3O4S/c1-14-9-22(39-4)20(26(36)33-14)13-32-25(35)19-10-21(29)24-23(15(19)2)37-27(3,38-24)16-5-7-17(8-6-16)34-18-11-28(30,31)12-18/h9-10,16-18,20,34H,5-8,11-13H2,1-4H3,(H,32,35). The van der Waals surface area contributed by atoms with Crippen LogP contribution in [0.5, 0.6) is 11.5 Å². The smallest absolute Gasteiger partial charge is 0.255 e. The highest BCUT2D eigenvalue weighted by atomic mass is 35.5. The van der Waals surface area contributed by atoms with Crippen molar-refractivity contribution in [3.8, 4) is 11.5 Å². The van der Waals surface area contributed by atoms with E-state index in [1.165, 1.54) is 11.8 Å². The fraction of sp³-hybridized carbons (Fsp3) is 0.607. The number of alkyl halides is 2. The lowest BCUT2D eigenvalue weighted by molar-refractivity contribution is -0.124. The summed E-state index contributed by atoms with van der Waals surface area (Å²) < 4.78 is 39.0. The van der Waals surface area contributed by atoms with Gasteiger partial charge >= 0.3 is 0 Å². The van der Waals surface area contributed by atoms with Gasteiger partial charge in [-0.25, -0.2) is 13.8 Å². The Morgan fingerprint density at radius 2 is 1.82 bits per heavy atom. The molecule has 0 spiro atoms. The minimum absolute atomic E-state index is 0.0802. The van der Waals surface area contributed by atoms with Crippen molar-refractivity contribution in [3.63, 3.8) is 0 Å². The predicted octanol–water partition coefficient (Wildman–Crippen LogP) is 5.68. The highest BCUT2D eigenvalue weighted by Crippen LogP contribution is 2.51. The minimum Gasteiger partial charge on any atom is -0.448 e. The molecule has 2 saturated carbocycles. The van der Waals surface area contributed by atoms with Crippen LogP contribution in [-0.4, -0.2) is 54.1 Å². The second-order valence-electron chi connectivity index (χ2n) is 11.2. The third kappa shape index (κ3) is 5.70. The van der Waals surface area contributed by atoms with Gasteiger partial charge in [0.25, 0.3) is 23.5 Å². The summed E-state index contributed by atoms with van der Waals surface area (Å²) in [5.41, 5.74) is 1.62. The fourth-order valence-corrected chi connectivity index (χ4v) is 7.03. The number of hydrogen-bond donors (Lipinski definition) is 2. The van der Waals surface area contributed by atoms with Gasteiger partial charge in [0.2, 0.25) is 0 Å². The molecule has 212 valence electrons. The third-order valence-electron chi connectivity index (χ3n) is 8.30. The summed E-state index contributed by atoms with van der Waals surface area (Å²) in [6.45, 7) is 5.58.